The molecule has 0 heterocycles. The third-order valence-corrected chi connectivity index (χ3v) is 14.8. The molecule has 0 saturated carbocycles. The third-order valence-electron chi connectivity index (χ3n) is 13.0. The molecule has 0 unspecified atom stereocenters. The summed E-state index contributed by atoms with van der Waals surface area (Å²) in [5.74, 6) is 0. The standard InChI is InChI=1S/2C28H44O3S.Ba/c2*1-3-5-7-9-11-13-15-18-24-22-25(19-16-14-12-10-8-6-4-2)26-20-17-21-28(27(26)23-24)32(29,30)31;/h2*17,20-23H,3-16,18-19H2,1-2H3,(H,29,30,31);/q;;+2/p-2. The Labute approximate surface area is 438 Å². The van der Waals surface area contributed by atoms with Crippen molar-refractivity contribution in [2.24, 2.45) is 0 Å². The van der Waals surface area contributed by atoms with Crippen LogP contribution in [0.1, 0.15) is 230 Å². The monoisotopic (exact) mass is 1060 g/mol. The Bertz CT molecular complexity index is 1960. The van der Waals surface area contributed by atoms with Gasteiger partial charge in [-0.1, -0.05) is 218 Å². The largest absolute Gasteiger partial charge is 2.00 e. The van der Waals surface area contributed by atoms with Crippen LogP contribution >= 0.6 is 0 Å². The molecule has 0 aliphatic carbocycles. The number of unbranched alkanes of at least 4 members (excludes halogenated alkanes) is 24. The van der Waals surface area contributed by atoms with Crippen molar-refractivity contribution in [3.63, 3.8) is 0 Å². The van der Waals surface area contributed by atoms with Crippen LogP contribution in [-0.4, -0.2) is 74.8 Å². The predicted molar refractivity (Wildman–Crippen MR) is 276 cm³/mol. The summed E-state index contributed by atoms with van der Waals surface area (Å²) >= 11 is 0. The van der Waals surface area contributed by atoms with Crippen LogP contribution in [0.15, 0.2) is 70.5 Å². The van der Waals surface area contributed by atoms with E-state index in [9.17, 15) is 25.9 Å². The average molecular weight is 1060 g/mol. The summed E-state index contributed by atoms with van der Waals surface area (Å²) in [5.41, 5.74) is 4.72. The number of rotatable bonds is 34. The van der Waals surface area contributed by atoms with Crippen molar-refractivity contribution < 1.29 is 25.9 Å². The maximum atomic E-state index is 11.9. The van der Waals surface area contributed by atoms with Crippen molar-refractivity contribution in [2.75, 3.05) is 0 Å². The van der Waals surface area contributed by atoms with Gasteiger partial charge < -0.3 is 9.11 Å². The smallest absolute Gasteiger partial charge is 0.744 e. The molecule has 0 N–H and O–H groups in total. The van der Waals surface area contributed by atoms with Crippen LogP contribution in [0.25, 0.3) is 21.5 Å². The first-order valence-corrected chi connectivity index (χ1v) is 28.8. The molecule has 6 nitrogen and oxygen atoms in total. The average Bonchev–Trinajstić information content (AvgIpc) is 3.27. The van der Waals surface area contributed by atoms with Gasteiger partial charge in [0.25, 0.3) is 0 Å². The normalized spacial score (nSPS) is 11.8. The van der Waals surface area contributed by atoms with E-state index < -0.39 is 20.2 Å². The second kappa shape index (κ2) is 35.0. The molecule has 0 spiro atoms. The number of hydrogen-bond acceptors (Lipinski definition) is 6. The zero-order chi connectivity index (χ0) is 46.5. The number of aryl methyl sites for hydroxylation is 4. The van der Waals surface area contributed by atoms with E-state index in [4.69, 9.17) is 0 Å². The van der Waals surface area contributed by atoms with Gasteiger partial charge in [-0.15, -0.1) is 0 Å². The maximum absolute atomic E-state index is 11.9. The minimum absolute atomic E-state index is 0. The van der Waals surface area contributed by atoms with Gasteiger partial charge in [-0.2, -0.15) is 0 Å². The van der Waals surface area contributed by atoms with Gasteiger partial charge >= 0.3 is 48.9 Å². The summed E-state index contributed by atoms with van der Waals surface area (Å²) in [6.07, 6.45) is 38.9. The molecule has 0 bridgehead atoms. The van der Waals surface area contributed by atoms with Crippen LogP contribution in [0.4, 0.5) is 0 Å². The fraction of sp³-hybridized carbons (Fsp3) is 0.643. The molecular formula is C56H86BaO6S2. The van der Waals surface area contributed by atoms with E-state index in [1.54, 1.807) is 12.1 Å². The van der Waals surface area contributed by atoms with Gasteiger partial charge in [0.2, 0.25) is 0 Å². The van der Waals surface area contributed by atoms with Gasteiger partial charge in [-0.05, 0) is 119 Å². The van der Waals surface area contributed by atoms with Gasteiger partial charge in [0.05, 0.1) is 9.79 Å². The molecule has 0 atom stereocenters. The molecule has 0 radical (unpaired) electrons. The molecule has 0 aliphatic heterocycles. The van der Waals surface area contributed by atoms with E-state index in [2.05, 4.69) is 39.8 Å². The van der Waals surface area contributed by atoms with Crippen molar-refractivity contribution in [1.82, 2.24) is 0 Å². The second-order valence-corrected chi connectivity index (χ2v) is 21.3. The summed E-state index contributed by atoms with van der Waals surface area (Å²) in [7, 11) is -8.98. The second-order valence-electron chi connectivity index (χ2n) is 18.6. The Morgan fingerprint density at radius 2 is 0.600 bits per heavy atom. The Hall–Kier alpha value is -1.21. The van der Waals surface area contributed by atoms with Gasteiger partial charge in [0.1, 0.15) is 20.2 Å². The van der Waals surface area contributed by atoms with Crippen LogP contribution in [0, 0.1) is 0 Å². The third kappa shape index (κ3) is 23.8. The van der Waals surface area contributed by atoms with E-state index in [0.717, 1.165) is 62.1 Å². The minimum atomic E-state index is -4.49. The molecule has 4 aromatic carbocycles. The first-order valence-electron chi connectivity index (χ1n) is 25.9. The summed E-state index contributed by atoms with van der Waals surface area (Å²) in [5, 5.41) is 3.08. The van der Waals surface area contributed by atoms with Crippen LogP contribution in [0.3, 0.4) is 0 Å². The Morgan fingerprint density at radius 3 is 0.877 bits per heavy atom. The van der Waals surface area contributed by atoms with Crippen LogP contribution < -0.4 is 0 Å². The van der Waals surface area contributed by atoms with Crippen molar-refractivity contribution >= 4 is 90.7 Å². The van der Waals surface area contributed by atoms with Gasteiger partial charge in [0.15, 0.2) is 0 Å². The molecule has 0 saturated heterocycles. The van der Waals surface area contributed by atoms with Crippen LogP contribution in [-0.2, 0) is 45.9 Å². The SMILES string of the molecule is CCCCCCCCCc1cc(CCCCCCCCC)c2cccc(S(=O)(=O)[O-])c2c1.CCCCCCCCCc1cc(CCCCCCCCC)c2cccc(S(=O)(=O)[O-])c2c1.[Ba+2]. The van der Waals surface area contributed by atoms with E-state index >= 15 is 0 Å². The number of benzene rings is 4. The quantitative estimate of drug-likeness (QED) is 0.0261. The molecule has 65 heavy (non-hydrogen) atoms. The molecule has 4 rings (SSSR count). The maximum Gasteiger partial charge on any atom is 2.00 e. The topological polar surface area (TPSA) is 114 Å². The van der Waals surface area contributed by atoms with Crippen molar-refractivity contribution in [3.8, 4) is 0 Å². The summed E-state index contributed by atoms with van der Waals surface area (Å²) in [6.45, 7) is 8.95. The van der Waals surface area contributed by atoms with Crippen LogP contribution in [0.5, 0.6) is 0 Å². The number of fused-ring (bicyclic) bond motifs is 2. The molecule has 0 aliphatic rings. The Balaban J connectivity index is 0.000000440. The van der Waals surface area contributed by atoms with Gasteiger partial charge in [0, 0.05) is 0 Å². The van der Waals surface area contributed by atoms with E-state index in [1.165, 1.54) is 188 Å². The van der Waals surface area contributed by atoms with Gasteiger partial charge in [-0.3, -0.25) is 0 Å². The zero-order valence-electron chi connectivity index (χ0n) is 41.4. The van der Waals surface area contributed by atoms with E-state index in [1.807, 2.05) is 24.3 Å². The van der Waals surface area contributed by atoms with E-state index in [-0.39, 0.29) is 58.7 Å². The van der Waals surface area contributed by atoms with Crippen molar-refractivity contribution in [1.29, 1.82) is 0 Å². The Morgan fingerprint density at radius 1 is 0.338 bits per heavy atom. The first kappa shape index (κ1) is 59.9. The summed E-state index contributed by atoms with van der Waals surface area (Å²) in [6, 6.07) is 18.7. The molecular weight excluding hydrogens is 970 g/mol. The Kier molecular flexibility index (Phi) is 32.2. The molecule has 0 amide bonds. The molecule has 9 heteroatoms. The summed E-state index contributed by atoms with van der Waals surface area (Å²) < 4.78 is 71.3. The zero-order valence-corrected chi connectivity index (χ0v) is 47.4. The molecule has 4 aromatic rings. The predicted octanol–water partition coefficient (Wildman–Crippen LogP) is 16.3. The fourth-order valence-electron chi connectivity index (χ4n) is 9.26. The number of hydrogen-bond donors (Lipinski definition) is 0. The fourth-order valence-corrected chi connectivity index (χ4v) is 10.6. The van der Waals surface area contributed by atoms with E-state index in [0.29, 0.717) is 10.8 Å². The first-order chi connectivity index (χ1) is 30.9. The molecule has 360 valence electrons. The van der Waals surface area contributed by atoms with Crippen molar-refractivity contribution in [2.45, 2.75) is 243 Å². The summed E-state index contributed by atoms with van der Waals surface area (Å²) in [4.78, 5) is -0.144. The van der Waals surface area contributed by atoms with Gasteiger partial charge in [-0.25, -0.2) is 16.8 Å². The molecule has 0 fully saturated rings. The van der Waals surface area contributed by atoms with Crippen LogP contribution in [0.2, 0.25) is 0 Å². The minimum Gasteiger partial charge on any atom is -0.744 e. The molecule has 0 aromatic heterocycles. The van der Waals surface area contributed by atoms with Crippen molar-refractivity contribution in [3.05, 3.63) is 82.9 Å².